The van der Waals surface area contributed by atoms with Crippen molar-refractivity contribution in [1.82, 2.24) is 0 Å². The summed E-state index contributed by atoms with van der Waals surface area (Å²) in [7, 11) is 0. The van der Waals surface area contributed by atoms with Crippen molar-refractivity contribution in [3.05, 3.63) is 33.0 Å². The van der Waals surface area contributed by atoms with Crippen molar-refractivity contribution in [1.29, 1.82) is 0 Å². The van der Waals surface area contributed by atoms with Crippen LogP contribution in [-0.4, -0.2) is 23.9 Å². The third kappa shape index (κ3) is 5.10. The van der Waals surface area contributed by atoms with Crippen molar-refractivity contribution in [2.24, 2.45) is 0 Å². The SMILES string of the molecule is CCCCCCCCc1sc(-c2sccc2C)c(C)c1C.[SnH2]. The Bertz CT molecular complexity index is 566. The minimum absolute atomic E-state index is 0. The molecule has 0 spiro atoms. The molecule has 3 heteroatoms. The Morgan fingerprint density at radius 1 is 0.864 bits per heavy atom. The van der Waals surface area contributed by atoms with Gasteiger partial charge in [-0.15, -0.1) is 22.7 Å². The molecule has 2 radical (unpaired) electrons. The van der Waals surface area contributed by atoms with Crippen LogP contribution >= 0.6 is 22.7 Å². The first-order valence-electron chi connectivity index (χ1n) is 8.28. The zero-order chi connectivity index (χ0) is 15.2. The van der Waals surface area contributed by atoms with Gasteiger partial charge in [-0.05, 0) is 61.7 Å². The van der Waals surface area contributed by atoms with Gasteiger partial charge in [-0.3, -0.25) is 0 Å². The number of hydrogen-bond acceptors (Lipinski definition) is 2. The maximum atomic E-state index is 2.31. The zero-order valence-corrected chi connectivity index (χ0v) is 20.3. The summed E-state index contributed by atoms with van der Waals surface area (Å²) < 4.78 is 0. The van der Waals surface area contributed by atoms with E-state index in [0.29, 0.717) is 0 Å². The summed E-state index contributed by atoms with van der Waals surface area (Å²) >= 11 is 3.92. The van der Waals surface area contributed by atoms with Crippen LogP contribution in [0.2, 0.25) is 0 Å². The summed E-state index contributed by atoms with van der Waals surface area (Å²) in [6.07, 6.45) is 9.59. The molecule has 0 N–H and O–H groups in total. The zero-order valence-electron chi connectivity index (χ0n) is 14.6. The Balaban J connectivity index is 0.00000242. The van der Waals surface area contributed by atoms with E-state index in [1.165, 1.54) is 71.4 Å². The van der Waals surface area contributed by atoms with E-state index < -0.39 is 0 Å². The van der Waals surface area contributed by atoms with Gasteiger partial charge in [0.2, 0.25) is 0 Å². The molecule has 2 aromatic rings. The Morgan fingerprint density at radius 2 is 1.55 bits per heavy atom. The summed E-state index contributed by atoms with van der Waals surface area (Å²) in [6, 6.07) is 2.24. The van der Waals surface area contributed by atoms with Crippen molar-refractivity contribution < 1.29 is 0 Å². The van der Waals surface area contributed by atoms with Crippen LogP contribution < -0.4 is 0 Å². The monoisotopic (exact) mass is 442 g/mol. The van der Waals surface area contributed by atoms with Gasteiger partial charge >= 0.3 is 23.9 Å². The van der Waals surface area contributed by atoms with Crippen molar-refractivity contribution in [2.75, 3.05) is 0 Å². The number of rotatable bonds is 8. The van der Waals surface area contributed by atoms with Crippen LogP contribution in [0.4, 0.5) is 0 Å². The summed E-state index contributed by atoms with van der Waals surface area (Å²) in [6.45, 7) is 9.12. The third-order valence-electron chi connectivity index (χ3n) is 4.37. The van der Waals surface area contributed by atoms with Gasteiger partial charge in [0.15, 0.2) is 0 Å². The van der Waals surface area contributed by atoms with Crippen LogP contribution in [0.5, 0.6) is 0 Å². The molecule has 0 amide bonds. The van der Waals surface area contributed by atoms with Crippen LogP contribution in [-0.2, 0) is 6.42 Å². The van der Waals surface area contributed by atoms with E-state index in [9.17, 15) is 0 Å². The molecule has 0 aliphatic heterocycles. The average molecular weight is 441 g/mol. The van der Waals surface area contributed by atoms with Gasteiger partial charge < -0.3 is 0 Å². The standard InChI is InChI=1S/C19H28S2.Sn.2H/c1-5-6-7-8-9-10-11-17-15(3)16(4)19(21-17)18-14(2)12-13-20-18;;;/h12-13H,5-11H2,1-4H3;;;. The predicted molar refractivity (Wildman–Crippen MR) is 107 cm³/mol. The second-order valence-electron chi connectivity index (χ2n) is 6.05. The summed E-state index contributed by atoms with van der Waals surface area (Å²) in [4.78, 5) is 4.61. The molecule has 122 valence electrons. The number of hydrogen-bond donors (Lipinski definition) is 0. The summed E-state index contributed by atoms with van der Waals surface area (Å²) in [5.41, 5.74) is 4.47. The van der Waals surface area contributed by atoms with Crippen LogP contribution in [0.15, 0.2) is 11.4 Å². The summed E-state index contributed by atoms with van der Waals surface area (Å²) in [5, 5.41) is 2.21. The van der Waals surface area contributed by atoms with Gasteiger partial charge in [0.05, 0.1) is 0 Å². The van der Waals surface area contributed by atoms with Crippen molar-refractivity contribution in [3.8, 4) is 9.75 Å². The van der Waals surface area contributed by atoms with Crippen LogP contribution in [0.25, 0.3) is 9.75 Å². The molecule has 0 aromatic carbocycles. The number of aryl methyl sites for hydroxylation is 2. The molecule has 2 heterocycles. The average Bonchev–Trinajstić information content (AvgIpc) is 3.01. The van der Waals surface area contributed by atoms with Gasteiger partial charge in [0.1, 0.15) is 0 Å². The van der Waals surface area contributed by atoms with Gasteiger partial charge in [-0.1, -0.05) is 39.0 Å². The number of unbranched alkanes of at least 4 members (excludes halogenated alkanes) is 5. The van der Waals surface area contributed by atoms with Gasteiger partial charge in [-0.2, -0.15) is 0 Å². The first kappa shape index (κ1) is 20.2. The van der Waals surface area contributed by atoms with Crippen molar-refractivity contribution in [3.63, 3.8) is 0 Å². The summed E-state index contributed by atoms with van der Waals surface area (Å²) in [5.74, 6) is 0. The van der Waals surface area contributed by atoms with E-state index in [0.717, 1.165) is 0 Å². The molecule has 0 fully saturated rings. The van der Waals surface area contributed by atoms with E-state index in [1.807, 2.05) is 22.7 Å². The molecule has 0 unspecified atom stereocenters. The third-order valence-corrected chi connectivity index (χ3v) is 7.01. The fourth-order valence-corrected chi connectivity index (χ4v) is 5.33. The molecule has 0 nitrogen and oxygen atoms in total. The molecule has 0 saturated carbocycles. The normalized spacial score (nSPS) is 10.7. The van der Waals surface area contributed by atoms with E-state index in [2.05, 4.69) is 39.1 Å². The van der Waals surface area contributed by atoms with Crippen LogP contribution in [0.3, 0.4) is 0 Å². The number of thiophene rings is 2. The molecular weight excluding hydrogens is 411 g/mol. The van der Waals surface area contributed by atoms with Crippen LogP contribution in [0.1, 0.15) is 67.0 Å². The molecule has 2 aromatic heterocycles. The molecule has 0 aliphatic rings. The molecule has 0 saturated heterocycles. The molecule has 2 rings (SSSR count). The predicted octanol–water partition coefficient (Wildman–Crippen LogP) is 6.39. The van der Waals surface area contributed by atoms with E-state index in [4.69, 9.17) is 0 Å². The van der Waals surface area contributed by atoms with E-state index >= 15 is 0 Å². The van der Waals surface area contributed by atoms with Crippen molar-refractivity contribution >= 4 is 46.6 Å². The second-order valence-corrected chi connectivity index (χ2v) is 8.08. The fraction of sp³-hybridized carbons (Fsp3) is 0.579. The van der Waals surface area contributed by atoms with Gasteiger partial charge in [0.25, 0.3) is 0 Å². The second kappa shape index (κ2) is 10.1. The first-order chi connectivity index (χ1) is 10.1. The quantitative estimate of drug-likeness (QED) is 0.329. The molecular formula is C19H30S2Sn. The first-order valence-corrected chi connectivity index (χ1v) is 9.98. The van der Waals surface area contributed by atoms with E-state index in [-0.39, 0.29) is 23.9 Å². The Kier molecular flexibility index (Phi) is 9.33. The Labute approximate surface area is 161 Å². The molecule has 0 aliphatic carbocycles. The molecule has 0 bridgehead atoms. The molecule has 0 atom stereocenters. The van der Waals surface area contributed by atoms with Crippen molar-refractivity contribution in [2.45, 2.75) is 72.6 Å². The molecule has 22 heavy (non-hydrogen) atoms. The van der Waals surface area contributed by atoms with Crippen LogP contribution in [0, 0.1) is 20.8 Å². The Hall–Kier alpha value is 0.199. The van der Waals surface area contributed by atoms with Gasteiger partial charge in [-0.25, -0.2) is 0 Å². The Morgan fingerprint density at radius 3 is 2.18 bits per heavy atom. The maximum absolute atomic E-state index is 2.31. The minimum atomic E-state index is 0. The topological polar surface area (TPSA) is 0 Å². The van der Waals surface area contributed by atoms with E-state index in [1.54, 1.807) is 4.88 Å². The fourth-order valence-electron chi connectivity index (χ4n) is 2.78. The van der Waals surface area contributed by atoms with Gasteiger partial charge in [0, 0.05) is 14.6 Å².